The van der Waals surface area contributed by atoms with Gasteiger partial charge in [0.05, 0.1) is 6.54 Å². The molecule has 80 valence electrons. The number of urea groups is 1. The van der Waals surface area contributed by atoms with Crippen molar-refractivity contribution in [3.63, 3.8) is 0 Å². The predicted octanol–water partition coefficient (Wildman–Crippen LogP) is -1.17. The number of hydrogen-bond acceptors (Lipinski definition) is 4. The molecule has 0 spiro atoms. The third kappa shape index (κ3) is 1.81. The van der Waals surface area contributed by atoms with E-state index in [2.05, 4.69) is 9.50 Å². The van der Waals surface area contributed by atoms with E-state index < -0.39 is 16.5 Å². The molecule has 2 unspecified atom stereocenters. The molecule has 2 aliphatic rings. The van der Waals surface area contributed by atoms with Crippen LogP contribution in [-0.2, 0) is 14.6 Å². The second-order valence-electron chi connectivity index (χ2n) is 3.41. The first kappa shape index (κ1) is 9.69. The highest BCUT2D eigenvalue weighted by Crippen LogP contribution is 2.23. The van der Waals surface area contributed by atoms with Crippen molar-refractivity contribution in [2.24, 2.45) is 5.92 Å². The number of amides is 2. The van der Waals surface area contributed by atoms with E-state index >= 15 is 0 Å². The van der Waals surface area contributed by atoms with E-state index in [9.17, 15) is 13.2 Å². The summed E-state index contributed by atoms with van der Waals surface area (Å²) in [5.74, 6) is -0.0744. The summed E-state index contributed by atoms with van der Waals surface area (Å²) in [6, 6.07) is -0.220. The molecule has 2 heterocycles. The van der Waals surface area contributed by atoms with Crippen LogP contribution >= 0.6 is 0 Å². The first-order valence-corrected chi connectivity index (χ1v) is 5.51. The van der Waals surface area contributed by atoms with Gasteiger partial charge < -0.3 is 10.2 Å². The maximum atomic E-state index is 11.1. The maximum absolute atomic E-state index is 11.1. The lowest BCUT2D eigenvalue weighted by atomic mass is 10.1. The Morgan fingerprint density at radius 3 is 2.79 bits per heavy atom. The fraction of sp³-hybridized carbons (Fsp3) is 0.833. The molecule has 2 amide bonds. The van der Waals surface area contributed by atoms with Crippen LogP contribution in [0.15, 0.2) is 0 Å². The molecule has 2 bridgehead atoms. The van der Waals surface area contributed by atoms with Gasteiger partial charge in [-0.2, -0.15) is 8.42 Å². The van der Waals surface area contributed by atoms with Crippen LogP contribution < -0.4 is 5.32 Å². The zero-order valence-electron chi connectivity index (χ0n) is 7.21. The second kappa shape index (κ2) is 3.07. The number of rotatable bonds is 2. The summed E-state index contributed by atoms with van der Waals surface area (Å²) >= 11 is 0. The van der Waals surface area contributed by atoms with E-state index in [1.807, 2.05) is 0 Å². The first-order valence-electron chi connectivity index (χ1n) is 4.14. The topological polar surface area (TPSA) is 95.9 Å². The Morgan fingerprint density at radius 1 is 1.50 bits per heavy atom. The largest absolute Gasteiger partial charge is 0.397 e. The van der Waals surface area contributed by atoms with E-state index in [-0.39, 0.29) is 18.5 Å². The van der Waals surface area contributed by atoms with Crippen LogP contribution in [0, 0.1) is 5.92 Å². The lowest BCUT2D eigenvalue weighted by Crippen LogP contribution is -2.45. The minimum absolute atomic E-state index is 0.0744. The van der Waals surface area contributed by atoms with Crippen LogP contribution in [0.5, 0.6) is 0 Å². The summed E-state index contributed by atoms with van der Waals surface area (Å²) in [6.45, 7) is 1.07. The highest BCUT2D eigenvalue weighted by molar-refractivity contribution is 7.80. The van der Waals surface area contributed by atoms with Gasteiger partial charge in [0, 0.05) is 19.0 Å². The van der Waals surface area contributed by atoms with E-state index in [4.69, 9.17) is 4.55 Å². The zero-order chi connectivity index (χ0) is 10.3. The van der Waals surface area contributed by atoms with Crippen molar-refractivity contribution in [3.05, 3.63) is 0 Å². The normalized spacial score (nSPS) is 31.8. The highest BCUT2D eigenvalue weighted by Gasteiger charge is 2.41. The third-order valence-corrected chi connectivity index (χ3v) is 2.92. The van der Waals surface area contributed by atoms with E-state index in [1.165, 1.54) is 4.90 Å². The summed E-state index contributed by atoms with van der Waals surface area (Å²) in [4.78, 5) is 12.6. The summed E-state index contributed by atoms with van der Waals surface area (Å²) < 4.78 is 33.9. The van der Waals surface area contributed by atoms with Crippen molar-refractivity contribution in [2.75, 3.05) is 19.6 Å². The monoisotopic (exact) mass is 222 g/mol. The average Bonchev–Trinajstić information content (AvgIpc) is 2.35. The van der Waals surface area contributed by atoms with Crippen molar-refractivity contribution in [1.82, 2.24) is 10.2 Å². The van der Waals surface area contributed by atoms with Crippen molar-refractivity contribution in [3.8, 4) is 0 Å². The molecule has 8 heteroatoms. The number of nitrogens with zero attached hydrogens (tertiary/aromatic N) is 1. The van der Waals surface area contributed by atoms with Crippen LogP contribution in [0.25, 0.3) is 0 Å². The Balaban J connectivity index is 2.07. The Hall–Kier alpha value is -0.860. The SMILES string of the molecule is O=C1NCC2CN1CC2OS(=O)(=O)O. The maximum Gasteiger partial charge on any atom is 0.397 e. The van der Waals surface area contributed by atoms with Gasteiger partial charge in [0.25, 0.3) is 0 Å². The summed E-state index contributed by atoms with van der Waals surface area (Å²) in [5.41, 5.74) is 0. The molecule has 14 heavy (non-hydrogen) atoms. The van der Waals surface area contributed by atoms with Crippen molar-refractivity contribution in [2.45, 2.75) is 6.10 Å². The number of carbonyl (C=O) groups excluding carboxylic acids is 1. The van der Waals surface area contributed by atoms with Gasteiger partial charge in [-0.15, -0.1) is 0 Å². The molecular weight excluding hydrogens is 212 g/mol. The molecule has 2 rings (SSSR count). The average molecular weight is 222 g/mol. The fourth-order valence-corrected chi connectivity index (χ4v) is 2.33. The van der Waals surface area contributed by atoms with Crippen molar-refractivity contribution in [1.29, 1.82) is 0 Å². The van der Waals surface area contributed by atoms with Crippen LogP contribution in [-0.4, -0.2) is 49.6 Å². The third-order valence-electron chi connectivity index (χ3n) is 2.43. The predicted molar refractivity (Wildman–Crippen MR) is 44.9 cm³/mol. The van der Waals surface area contributed by atoms with Crippen LogP contribution in [0.4, 0.5) is 4.79 Å². The molecule has 0 aromatic rings. The molecule has 0 saturated carbocycles. The first-order chi connectivity index (χ1) is 6.46. The molecule has 2 atom stereocenters. The highest BCUT2D eigenvalue weighted by atomic mass is 32.3. The van der Waals surface area contributed by atoms with Crippen LogP contribution in [0.3, 0.4) is 0 Å². The zero-order valence-corrected chi connectivity index (χ0v) is 8.03. The molecular formula is C6H10N2O5S. The van der Waals surface area contributed by atoms with Gasteiger partial charge in [-0.3, -0.25) is 4.55 Å². The quantitative estimate of drug-likeness (QED) is 0.574. The van der Waals surface area contributed by atoms with Gasteiger partial charge >= 0.3 is 16.4 Å². The fourth-order valence-electron chi connectivity index (χ4n) is 1.80. The molecule has 2 N–H and O–H groups in total. The Bertz CT molecular complexity index is 353. The number of fused-ring (bicyclic) bond motifs is 2. The minimum atomic E-state index is -4.43. The molecule has 2 aliphatic heterocycles. The molecule has 0 aliphatic carbocycles. The van der Waals surface area contributed by atoms with Gasteiger partial charge in [0.1, 0.15) is 6.10 Å². The standard InChI is InChI=1S/C6H10N2O5S/c9-6-7-1-4-2-8(6)3-5(4)13-14(10,11)12/h4-5H,1-3H2,(H,7,9)(H,10,11,12). The Morgan fingerprint density at radius 2 is 2.21 bits per heavy atom. The molecule has 7 nitrogen and oxygen atoms in total. The molecule has 0 aromatic carbocycles. The summed E-state index contributed by atoms with van der Waals surface area (Å²) in [6.07, 6.45) is -0.635. The lowest BCUT2D eigenvalue weighted by molar-refractivity contribution is 0.159. The Kier molecular flexibility index (Phi) is 2.13. The Labute approximate surface area is 81.0 Å². The molecule has 2 fully saturated rings. The van der Waals surface area contributed by atoms with E-state index in [1.54, 1.807) is 0 Å². The van der Waals surface area contributed by atoms with Crippen LogP contribution in [0.1, 0.15) is 0 Å². The van der Waals surface area contributed by atoms with Crippen molar-refractivity contribution >= 4 is 16.4 Å². The lowest BCUT2D eigenvalue weighted by Gasteiger charge is -2.22. The van der Waals surface area contributed by atoms with E-state index in [0.29, 0.717) is 13.1 Å². The van der Waals surface area contributed by atoms with Gasteiger partial charge in [-0.25, -0.2) is 8.98 Å². The van der Waals surface area contributed by atoms with Gasteiger partial charge in [-0.05, 0) is 0 Å². The van der Waals surface area contributed by atoms with Gasteiger partial charge in [0.2, 0.25) is 0 Å². The number of carbonyl (C=O) groups is 1. The second-order valence-corrected chi connectivity index (χ2v) is 4.46. The number of hydrogen-bond donors (Lipinski definition) is 2. The summed E-state index contributed by atoms with van der Waals surface area (Å²) in [5, 5.41) is 2.59. The van der Waals surface area contributed by atoms with Gasteiger partial charge in [-0.1, -0.05) is 0 Å². The summed E-state index contributed by atoms with van der Waals surface area (Å²) in [7, 11) is -4.43. The molecule has 2 saturated heterocycles. The number of nitrogens with one attached hydrogen (secondary N) is 1. The van der Waals surface area contributed by atoms with Crippen molar-refractivity contribution < 1.29 is 21.9 Å². The smallest absolute Gasteiger partial charge is 0.338 e. The van der Waals surface area contributed by atoms with E-state index in [0.717, 1.165) is 0 Å². The van der Waals surface area contributed by atoms with Crippen LogP contribution in [0.2, 0.25) is 0 Å². The molecule has 0 radical (unpaired) electrons. The minimum Gasteiger partial charge on any atom is -0.338 e. The van der Waals surface area contributed by atoms with Gasteiger partial charge in [0.15, 0.2) is 0 Å². The molecule has 0 aromatic heterocycles.